The van der Waals surface area contributed by atoms with Crippen molar-refractivity contribution < 1.29 is 4.79 Å². The molecule has 1 unspecified atom stereocenters. The summed E-state index contributed by atoms with van der Waals surface area (Å²) in [5, 5.41) is 4.12. The molecular formula is C21H23N3OS. The van der Waals surface area contributed by atoms with Crippen LogP contribution in [0.2, 0.25) is 0 Å². The highest BCUT2D eigenvalue weighted by Gasteiger charge is 2.28. The van der Waals surface area contributed by atoms with E-state index in [2.05, 4.69) is 41.3 Å². The zero-order chi connectivity index (χ0) is 18.6. The van der Waals surface area contributed by atoms with Crippen LogP contribution in [0.25, 0.3) is 0 Å². The Kier molecular flexibility index (Phi) is 5.47. The van der Waals surface area contributed by atoms with Gasteiger partial charge in [-0.3, -0.25) is 9.78 Å². The summed E-state index contributed by atoms with van der Waals surface area (Å²) in [4.78, 5) is 22.5. The lowest BCUT2D eigenvalue weighted by Gasteiger charge is -2.30. The Balaban J connectivity index is 1.79. The standard InChI is InChI=1S/C21H23N3OS/c1-4-21(3,16-10-6-5-7-11-16)24-20(25)19-15(2)23-18(26-19)14-17-12-8-9-13-22-17/h5-13H,4,14H2,1-3H3,(H,24,25). The molecule has 1 N–H and O–H groups in total. The summed E-state index contributed by atoms with van der Waals surface area (Å²) < 4.78 is 0. The first-order chi connectivity index (χ1) is 12.5. The number of benzene rings is 1. The summed E-state index contributed by atoms with van der Waals surface area (Å²) >= 11 is 1.45. The number of amides is 1. The maximum Gasteiger partial charge on any atom is 0.263 e. The third-order valence-corrected chi connectivity index (χ3v) is 5.77. The molecule has 1 amide bonds. The first-order valence-electron chi connectivity index (χ1n) is 8.76. The molecule has 0 bridgehead atoms. The van der Waals surface area contributed by atoms with Gasteiger partial charge >= 0.3 is 0 Å². The lowest BCUT2D eigenvalue weighted by Crippen LogP contribution is -2.43. The fraction of sp³-hybridized carbons (Fsp3) is 0.286. The second-order valence-electron chi connectivity index (χ2n) is 6.53. The predicted octanol–water partition coefficient (Wildman–Crippen LogP) is 4.49. The van der Waals surface area contributed by atoms with Gasteiger partial charge in [0.1, 0.15) is 4.88 Å². The number of pyridine rings is 1. The third kappa shape index (κ3) is 3.99. The highest BCUT2D eigenvalue weighted by molar-refractivity contribution is 7.13. The molecule has 1 aromatic carbocycles. The number of aryl methyl sites for hydroxylation is 1. The smallest absolute Gasteiger partial charge is 0.263 e. The second-order valence-corrected chi connectivity index (χ2v) is 7.61. The fourth-order valence-corrected chi connectivity index (χ4v) is 3.85. The van der Waals surface area contributed by atoms with Crippen molar-refractivity contribution in [3.8, 4) is 0 Å². The highest BCUT2D eigenvalue weighted by Crippen LogP contribution is 2.27. The molecule has 2 aromatic heterocycles. The lowest BCUT2D eigenvalue weighted by molar-refractivity contribution is 0.0905. The van der Waals surface area contributed by atoms with Gasteiger partial charge in [0.2, 0.25) is 0 Å². The molecule has 4 nitrogen and oxygen atoms in total. The van der Waals surface area contributed by atoms with Gasteiger partial charge in [0, 0.05) is 18.3 Å². The van der Waals surface area contributed by atoms with Crippen molar-refractivity contribution >= 4 is 17.2 Å². The van der Waals surface area contributed by atoms with Gasteiger partial charge in [0.25, 0.3) is 5.91 Å². The topological polar surface area (TPSA) is 54.9 Å². The minimum atomic E-state index is -0.407. The number of hydrogen-bond donors (Lipinski definition) is 1. The monoisotopic (exact) mass is 365 g/mol. The van der Waals surface area contributed by atoms with Gasteiger partial charge in [0.05, 0.1) is 16.2 Å². The molecule has 26 heavy (non-hydrogen) atoms. The molecule has 1 atom stereocenters. The first kappa shape index (κ1) is 18.3. The van der Waals surface area contributed by atoms with Gasteiger partial charge in [-0.1, -0.05) is 43.3 Å². The molecule has 0 saturated heterocycles. The van der Waals surface area contributed by atoms with Gasteiger partial charge in [-0.2, -0.15) is 0 Å². The van der Waals surface area contributed by atoms with E-state index in [0.717, 1.165) is 28.4 Å². The van der Waals surface area contributed by atoms with Gasteiger partial charge in [-0.05, 0) is 38.0 Å². The summed E-state index contributed by atoms with van der Waals surface area (Å²) in [6, 6.07) is 15.9. The van der Waals surface area contributed by atoms with Crippen molar-refractivity contribution in [3.63, 3.8) is 0 Å². The number of thiazole rings is 1. The van der Waals surface area contributed by atoms with Gasteiger partial charge in [0.15, 0.2) is 0 Å². The molecule has 0 fully saturated rings. The molecule has 3 aromatic rings. The Morgan fingerprint density at radius 2 is 1.88 bits per heavy atom. The number of nitrogens with one attached hydrogen (secondary N) is 1. The number of hydrogen-bond acceptors (Lipinski definition) is 4. The third-order valence-electron chi connectivity index (χ3n) is 4.61. The molecule has 0 aliphatic heterocycles. The van der Waals surface area contributed by atoms with Crippen LogP contribution in [0.15, 0.2) is 54.7 Å². The average molecular weight is 366 g/mol. The lowest BCUT2D eigenvalue weighted by atomic mass is 9.89. The van der Waals surface area contributed by atoms with E-state index in [1.807, 2.05) is 43.3 Å². The van der Waals surface area contributed by atoms with E-state index in [4.69, 9.17) is 0 Å². The maximum atomic E-state index is 12.9. The van der Waals surface area contributed by atoms with Crippen molar-refractivity contribution in [1.29, 1.82) is 0 Å². The Bertz CT molecular complexity index is 877. The zero-order valence-corrected chi connectivity index (χ0v) is 16.1. The Morgan fingerprint density at radius 1 is 1.15 bits per heavy atom. The molecule has 0 aliphatic rings. The van der Waals surface area contributed by atoms with Crippen LogP contribution in [0, 0.1) is 6.92 Å². The van der Waals surface area contributed by atoms with E-state index >= 15 is 0 Å². The Morgan fingerprint density at radius 3 is 2.54 bits per heavy atom. The molecule has 5 heteroatoms. The van der Waals surface area contributed by atoms with Crippen LogP contribution in [0.3, 0.4) is 0 Å². The van der Waals surface area contributed by atoms with Gasteiger partial charge in [-0.25, -0.2) is 4.98 Å². The highest BCUT2D eigenvalue weighted by atomic mass is 32.1. The average Bonchev–Trinajstić information content (AvgIpc) is 3.03. The van der Waals surface area contributed by atoms with Crippen molar-refractivity contribution in [3.05, 3.63) is 81.6 Å². The van der Waals surface area contributed by atoms with Gasteiger partial charge < -0.3 is 5.32 Å². The van der Waals surface area contributed by atoms with Gasteiger partial charge in [-0.15, -0.1) is 11.3 Å². The zero-order valence-electron chi connectivity index (χ0n) is 15.3. The van der Waals surface area contributed by atoms with Crippen LogP contribution in [-0.4, -0.2) is 15.9 Å². The van der Waals surface area contributed by atoms with Crippen LogP contribution in [0.1, 0.15) is 51.9 Å². The normalized spacial score (nSPS) is 13.2. The number of nitrogens with zero attached hydrogens (tertiary/aromatic N) is 2. The fourth-order valence-electron chi connectivity index (χ4n) is 2.87. The minimum Gasteiger partial charge on any atom is -0.342 e. The van der Waals surface area contributed by atoms with Crippen molar-refractivity contribution in [2.45, 2.75) is 39.2 Å². The molecule has 2 heterocycles. The number of carbonyl (C=O) groups is 1. The second kappa shape index (κ2) is 7.79. The molecule has 134 valence electrons. The van der Waals surface area contributed by atoms with Crippen molar-refractivity contribution in [2.24, 2.45) is 0 Å². The quantitative estimate of drug-likeness (QED) is 0.700. The SMILES string of the molecule is CCC(C)(NC(=O)c1sc(Cc2ccccn2)nc1C)c1ccccc1. The van der Waals surface area contributed by atoms with Crippen LogP contribution in [-0.2, 0) is 12.0 Å². The molecule has 0 saturated carbocycles. The minimum absolute atomic E-state index is 0.0690. The summed E-state index contributed by atoms with van der Waals surface area (Å²) in [6.45, 7) is 6.03. The molecule has 0 aliphatic carbocycles. The Hall–Kier alpha value is -2.53. The van der Waals surface area contributed by atoms with E-state index in [0.29, 0.717) is 11.3 Å². The summed E-state index contributed by atoms with van der Waals surface area (Å²) in [5.74, 6) is -0.0690. The predicted molar refractivity (Wildman–Crippen MR) is 105 cm³/mol. The van der Waals surface area contributed by atoms with E-state index in [-0.39, 0.29) is 5.91 Å². The Labute approximate surface area is 158 Å². The molecular weight excluding hydrogens is 342 g/mol. The largest absolute Gasteiger partial charge is 0.342 e. The summed E-state index contributed by atoms with van der Waals surface area (Å²) in [5.41, 5.74) is 2.42. The maximum absolute atomic E-state index is 12.9. The van der Waals surface area contributed by atoms with Crippen LogP contribution in [0.5, 0.6) is 0 Å². The van der Waals surface area contributed by atoms with E-state index in [1.165, 1.54) is 11.3 Å². The molecule has 3 rings (SSSR count). The number of rotatable bonds is 6. The van der Waals surface area contributed by atoms with Crippen LogP contribution >= 0.6 is 11.3 Å². The summed E-state index contributed by atoms with van der Waals surface area (Å²) in [7, 11) is 0. The van der Waals surface area contributed by atoms with Crippen LogP contribution < -0.4 is 5.32 Å². The molecule has 0 spiro atoms. The number of carbonyl (C=O) groups excluding carboxylic acids is 1. The van der Waals surface area contributed by atoms with Crippen molar-refractivity contribution in [1.82, 2.24) is 15.3 Å². The van der Waals surface area contributed by atoms with E-state index < -0.39 is 5.54 Å². The molecule has 0 radical (unpaired) electrons. The van der Waals surface area contributed by atoms with Crippen LogP contribution in [0.4, 0.5) is 0 Å². The van der Waals surface area contributed by atoms with E-state index in [9.17, 15) is 4.79 Å². The van der Waals surface area contributed by atoms with Crippen molar-refractivity contribution in [2.75, 3.05) is 0 Å². The van der Waals surface area contributed by atoms with E-state index in [1.54, 1.807) is 6.20 Å². The number of aromatic nitrogens is 2. The summed E-state index contributed by atoms with van der Waals surface area (Å²) in [6.07, 6.45) is 3.22. The first-order valence-corrected chi connectivity index (χ1v) is 9.58.